The standard InChI is InChI=1S/C14H22N4O2/c1-11(2)18-10-12(16)9-13(18)14(19)17(6-4-5-15)7-8-20-3/h9-11H,4,6-8,16H2,1-3H3. The molecule has 0 atom stereocenters. The summed E-state index contributed by atoms with van der Waals surface area (Å²) in [4.78, 5) is 14.2. The molecule has 0 aromatic carbocycles. The van der Waals surface area contributed by atoms with Crippen molar-refractivity contribution in [2.75, 3.05) is 32.5 Å². The van der Waals surface area contributed by atoms with Crippen LogP contribution in [0.4, 0.5) is 5.69 Å². The lowest BCUT2D eigenvalue weighted by molar-refractivity contribution is 0.0688. The van der Waals surface area contributed by atoms with Crippen molar-refractivity contribution in [2.24, 2.45) is 0 Å². The predicted octanol–water partition coefficient (Wildman–Crippen LogP) is 1.65. The fraction of sp³-hybridized carbons (Fsp3) is 0.571. The first-order valence-electron chi connectivity index (χ1n) is 6.63. The maximum absolute atomic E-state index is 12.6. The third-order valence-corrected chi connectivity index (χ3v) is 2.99. The van der Waals surface area contributed by atoms with Gasteiger partial charge in [-0.05, 0) is 19.9 Å². The number of nitrogens with two attached hydrogens (primary N) is 1. The fourth-order valence-electron chi connectivity index (χ4n) is 1.96. The van der Waals surface area contributed by atoms with Crippen LogP contribution in [0.5, 0.6) is 0 Å². The molecule has 0 saturated carbocycles. The van der Waals surface area contributed by atoms with Gasteiger partial charge in [0.15, 0.2) is 0 Å². The Morgan fingerprint density at radius 3 is 2.80 bits per heavy atom. The Morgan fingerprint density at radius 2 is 2.25 bits per heavy atom. The summed E-state index contributed by atoms with van der Waals surface area (Å²) in [6.07, 6.45) is 2.06. The third-order valence-electron chi connectivity index (χ3n) is 2.99. The number of amides is 1. The van der Waals surface area contributed by atoms with E-state index < -0.39 is 0 Å². The monoisotopic (exact) mass is 278 g/mol. The molecule has 1 aromatic heterocycles. The molecule has 0 aliphatic carbocycles. The fourth-order valence-corrected chi connectivity index (χ4v) is 1.96. The van der Waals surface area contributed by atoms with Gasteiger partial charge in [-0.1, -0.05) is 0 Å². The SMILES string of the molecule is COCCN(CCC#N)C(=O)c1cc(N)cn1C(C)C. The quantitative estimate of drug-likeness (QED) is 0.822. The van der Waals surface area contributed by atoms with Crippen molar-refractivity contribution in [1.82, 2.24) is 9.47 Å². The van der Waals surface area contributed by atoms with Gasteiger partial charge in [-0.25, -0.2) is 0 Å². The van der Waals surface area contributed by atoms with Gasteiger partial charge in [0.25, 0.3) is 5.91 Å². The zero-order valence-corrected chi connectivity index (χ0v) is 12.3. The molecule has 2 N–H and O–H groups in total. The summed E-state index contributed by atoms with van der Waals surface area (Å²) >= 11 is 0. The van der Waals surface area contributed by atoms with E-state index in [1.54, 1.807) is 24.3 Å². The second-order valence-electron chi connectivity index (χ2n) is 4.85. The Balaban J connectivity index is 2.96. The topological polar surface area (TPSA) is 84.3 Å². The van der Waals surface area contributed by atoms with Crippen LogP contribution in [-0.4, -0.2) is 42.2 Å². The van der Waals surface area contributed by atoms with Crippen LogP contribution < -0.4 is 5.73 Å². The van der Waals surface area contributed by atoms with E-state index in [9.17, 15) is 4.79 Å². The van der Waals surface area contributed by atoms with Crippen molar-refractivity contribution in [2.45, 2.75) is 26.3 Å². The van der Waals surface area contributed by atoms with Crippen molar-refractivity contribution in [3.63, 3.8) is 0 Å². The van der Waals surface area contributed by atoms with E-state index in [4.69, 9.17) is 15.7 Å². The van der Waals surface area contributed by atoms with E-state index >= 15 is 0 Å². The molecule has 0 unspecified atom stereocenters. The van der Waals surface area contributed by atoms with Crippen LogP contribution in [0.1, 0.15) is 36.8 Å². The molecule has 1 rings (SSSR count). The maximum atomic E-state index is 12.6. The largest absolute Gasteiger partial charge is 0.397 e. The number of nitrogen functional groups attached to an aromatic ring is 1. The molecule has 20 heavy (non-hydrogen) atoms. The van der Waals surface area contributed by atoms with Gasteiger partial charge < -0.3 is 19.9 Å². The zero-order chi connectivity index (χ0) is 15.1. The van der Waals surface area contributed by atoms with E-state index in [2.05, 4.69) is 6.07 Å². The summed E-state index contributed by atoms with van der Waals surface area (Å²) in [6.45, 7) is 5.27. The van der Waals surface area contributed by atoms with Crippen LogP contribution in [-0.2, 0) is 4.74 Å². The number of anilines is 1. The summed E-state index contributed by atoms with van der Waals surface area (Å²) in [7, 11) is 1.59. The number of carbonyl (C=O) groups is 1. The van der Waals surface area contributed by atoms with Crippen molar-refractivity contribution < 1.29 is 9.53 Å². The predicted molar refractivity (Wildman–Crippen MR) is 77.2 cm³/mol. The number of nitrogens with zero attached hydrogens (tertiary/aromatic N) is 3. The highest BCUT2D eigenvalue weighted by Crippen LogP contribution is 2.18. The first kappa shape index (κ1) is 16.1. The lowest BCUT2D eigenvalue weighted by Gasteiger charge is -2.23. The maximum Gasteiger partial charge on any atom is 0.270 e. The minimum Gasteiger partial charge on any atom is -0.397 e. The average Bonchev–Trinajstić information content (AvgIpc) is 2.80. The van der Waals surface area contributed by atoms with E-state index in [-0.39, 0.29) is 11.9 Å². The lowest BCUT2D eigenvalue weighted by Crippen LogP contribution is -2.36. The highest BCUT2D eigenvalue weighted by Gasteiger charge is 2.20. The van der Waals surface area contributed by atoms with Gasteiger partial charge in [0.05, 0.1) is 24.8 Å². The molecule has 0 radical (unpaired) electrons. The molecule has 6 heteroatoms. The molecular formula is C14H22N4O2. The number of carbonyl (C=O) groups excluding carboxylic acids is 1. The Kier molecular flexibility index (Phi) is 6.07. The molecule has 0 fully saturated rings. The van der Waals surface area contributed by atoms with Crippen molar-refractivity contribution in [1.29, 1.82) is 5.26 Å². The molecule has 110 valence electrons. The smallest absolute Gasteiger partial charge is 0.270 e. The summed E-state index contributed by atoms with van der Waals surface area (Å²) in [5.74, 6) is -0.122. The van der Waals surface area contributed by atoms with Gasteiger partial charge in [-0.15, -0.1) is 0 Å². The molecule has 0 bridgehead atoms. The number of aromatic nitrogens is 1. The van der Waals surface area contributed by atoms with Crippen molar-refractivity contribution >= 4 is 11.6 Å². The average molecular weight is 278 g/mol. The molecule has 1 aromatic rings. The normalized spacial score (nSPS) is 10.6. The highest BCUT2D eigenvalue weighted by molar-refractivity contribution is 5.94. The van der Waals surface area contributed by atoms with Gasteiger partial charge in [0.2, 0.25) is 0 Å². The number of ether oxygens (including phenoxy) is 1. The lowest BCUT2D eigenvalue weighted by atomic mass is 10.3. The zero-order valence-electron chi connectivity index (χ0n) is 12.3. The number of methoxy groups -OCH3 is 1. The Morgan fingerprint density at radius 1 is 1.55 bits per heavy atom. The first-order valence-corrected chi connectivity index (χ1v) is 6.63. The summed E-state index contributed by atoms with van der Waals surface area (Å²) in [5, 5.41) is 8.70. The van der Waals surface area contributed by atoms with Crippen LogP contribution in [0.15, 0.2) is 12.3 Å². The van der Waals surface area contributed by atoms with Crippen molar-refractivity contribution in [3.8, 4) is 6.07 Å². The van der Waals surface area contributed by atoms with Gasteiger partial charge in [0.1, 0.15) is 5.69 Å². The summed E-state index contributed by atoms with van der Waals surface area (Å²) in [5.41, 5.74) is 6.90. The Bertz CT molecular complexity index is 488. The number of hydrogen-bond acceptors (Lipinski definition) is 4. The summed E-state index contributed by atoms with van der Waals surface area (Å²) < 4.78 is 6.86. The number of rotatable bonds is 7. The van der Waals surface area contributed by atoms with E-state index in [0.717, 1.165) is 0 Å². The number of nitriles is 1. The van der Waals surface area contributed by atoms with Crippen molar-refractivity contribution in [3.05, 3.63) is 18.0 Å². The molecule has 0 spiro atoms. The van der Waals surface area contributed by atoms with Crippen LogP contribution >= 0.6 is 0 Å². The van der Waals surface area contributed by atoms with E-state index in [1.807, 2.05) is 18.4 Å². The molecule has 1 amide bonds. The Hall–Kier alpha value is -2.00. The molecular weight excluding hydrogens is 256 g/mol. The second-order valence-corrected chi connectivity index (χ2v) is 4.85. The molecule has 0 saturated heterocycles. The minimum absolute atomic E-state index is 0.122. The third kappa shape index (κ3) is 4.00. The highest BCUT2D eigenvalue weighted by atomic mass is 16.5. The molecule has 6 nitrogen and oxygen atoms in total. The minimum atomic E-state index is -0.122. The van der Waals surface area contributed by atoms with Gasteiger partial charge in [-0.2, -0.15) is 5.26 Å². The Labute approximate surface area is 119 Å². The second kappa shape index (κ2) is 7.56. The summed E-state index contributed by atoms with van der Waals surface area (Å²) in [6, 6.07) is 3.88. The van der Waals surface area contributed by atoms with E-state index in [0.29, 0.717) is 37.5 Å². The van der Waals surface area contributed by atoms with Gasteiger partial charge in [0, 0.05) is 32.4 Å². The van der Waals surface area contributed by atoms with Gasteiger partial charge >= 0.3 is 0 Å². The first-order chi connectivity index (χ1) is 9.51. The molecule has 1 heterocycles. The van der Waals surface area contributed by atoms with Crippen LogP contribution in [0.2, 0.25) is 0 Å². The molecule has 0 aliphatic heterocycles. The van der Waals surface area contributed by atoms with Gasteiger partial charge in [-0.3, -0.25) is 4.79 Å². The van der Waals surface area contributed by atoms with E-state index in [1.165, 1.54) is 0 Å². The van der Waals surface area contributed by atoms with Crippen LogP contribution in [0.25, 0.3) is 0 Å². The van der Waals surface area contributed by atoms with Crippen LogP contribution in [0.3, 0.4) is 0 Å². The number of hydrogen-bond donors (Lipinski definition) is 1. The molecule has 0 aliphatic rings. The van der Waals surface area contributed by atoms with Crippen LogP contribution in [0, 0.1) is 11.3 Å².